The van der Waals surface area contributed by atoms with E-state index in [9.17, 15) is 9.59 Å². The Bertz CT molecular complexity index is 193. The minimum absolute atomic E-state index is 0.125. The highest BCUT2D eigenvalue weighted by atomic mass is 35.5. The fraction of sp³-hybridized carbons (Fsp3) is 0.429. The minimum atomic E-state index is -0.579. The molecule has 4 nitrogen and oxygen atoms in total. The van der Waals surface area contributed by atoms with E-state index < -0.39 is 11.3 Å². The van der Waals surface area contributed by atoms with Crippen LogP contribution in [0.4, 0.5) is 4.79 Å². The zero-order chi connectivity index (χ0) is 9.56. The quantitative estimate of drug-likeness (QED) is 0.288. The Labute approximate surface area is 75.7 Å². The van der Waals surface area contributed by atoms with Crippen LogP contribution >= 0.6 is 11.6 Å². The number of likely N-dealkylation sites (N-methyl/N-ethyl adjacent to an activating group) is 1. The first kappa shape index (κ1) is 11.0. The van der Waals surface area contributed by atoms with Crippen molar-refractivity contribution in [3.8, 4) is 0 Å². The number of carbonyl (C=O) groups is 2. The van der Waals surface area contributed by atoms with Crippen LogP contribution in [-0.2, 0) is 9.53 Å². The molecule has 0 aromatic rings. The van der Waals surface area contributed by atoms with Gasteiger partial charge in [-0.25, -0.2) is 4.79 Å². The molecule has 0 rings (SSSR count). The van der Waals surface area contributed by atoms with Gasteiger partial charge in [0.25, 0.3) is 0 Å². The highest BCUT2D eigenvalue weighted by molar-refractivity contribution is 6.62. The highest BCUT2D eigenvalue weighted by Crippen LogP contribution is 1.91. The molecular formula is C7H10ClNO3. The van der Waals surface area contributed by atoms with Crippen molar-refractivity contribution in [1.82, 2.24) is 4.90 Å². The smallest absolute Gasteiger partial charge is 0.330 e. The van der Waals surface area contributed by atoms with Gasteiger partial charge in [-0.1, -0.05) is 6.58 Å². The van der Waals surface area contributed by atoms with Crippen molar-refractivity contribution >= 4 is 22.9 Å². The molecule has 0 N–H and O–H groups in total. The monoisotopic (exact) mass is 191 g/mol. The van der Waals surface area contributed by atoms with E-state index in [0.29, 0.717) is 0 Å². The molecule has 0 aromatic heterocycles. The van der Waals surface area contributed by atoms with Crippen molar-refractivity contribution in [2.45, 2.75) is 0 Å². The van der Waals surface area contributed by atoms with E-state index in [0.717, 1.165) is 6.08 Å². The topological polar surface area (TPSA) is 46.6 Å². The predicted molar refractivity (Wildman–Crippen MR) is 45.0 cm³/mol. The third-order valence-electron chi connectivity index (χ3n) is 1.14. The first-order chi connectivity index (χ1) is 5.57. The lowest BCUT2D eigenvalue weighted by molar-refractivity contribution is -0.137. The second-order valence-corrected chi connectivity index (χ2v) is 2.37. The molecule has 0 aromatic carbocycles. The van der Waals surface area contributed by atoms with Crippen LogP contribution in [-0.4, -0.2) is 36.4 Å². The van der Waals surface area contributed by atoms with E-state index in [4.69, 9.17) is 11.6 Å². The summed E-state index contributed by atoms with van der Waals surface area (Å²) in [5, 5.41) is -0.579. The van der Waals surface area contributed by atoms with Crippen LogP contribution in [0, 0.1) is 0 Å². The maximum absolute atomic E-state index is 10.5. The fourth-order valence-corrected chi connectivity index (χ4v) is 0.515. The van der Waals surface area contributed by atoms with Crippen molar-refractivity contribution in [3.05, 3.63) is 12.7 Å². The van der Waals surface area contributed by atoms with Crippen molar-refractivity contribution in [2.75, 3.05) is 20.2 Å². The molecule has 0 aliphatic carbocycles. The summed E-state index contributed by atoms with van der Waals surface area (Å²) in [5.74, 6) is -0.509. The third-order valence-corrected chi connectivity index (χ3v) is 1.43. The van der Waals surface area contributed by atoms with Crippen LogP contribution in [0.15, 0.2) is 12.7 Å². The SMILES string of the molecule is C=CC(=O)OCCN(C)C(=O)Cl. The summed E-state index contributed by atoms with van der Waals surface area (Å²) in [6.07, 6.45) is 1.06. The molecular weight excluding hydrogens is 182 g/mol. The van der Waals surface area contributed by atoms with Crippen LogP contribution in [0.25, 0.3) is 0 Å². The number of hydrogen-bond donors (Lipinski definition) is 0. The van der Waals surface area contributed by atoms with Gasteiger partial charge in [0.15, 0.2) is 0 Å². The Kier molecular flexibility index (Phi) is 5.12. The number of carbonyl (C=O) groups excluding carboxylic acids is 2. The van der Waals surface area contributed by atoms with E-state index in [1.807, 2.05) is 0 Å². The summed E-state index contributed by atoms with van der Waals surface area (Å²) in [6, 6.07) is 0. The molecule has 0 atom stereocenters. The molecule has 12 heavy (non-hydrogen) atoms. The molecule has 0 saturated carbocycles. The average Bonchev–Trinajstić information content (AvgIpc) is 2.03. The molecule has 0 saturated heterocycles. The lowest BCUT2D eigenvalue weighted by Gasteiger charge is -2.11. The van der Waals surface area contributed by atoms with E-state index >= 15 is 0 Å². The first-order valence-corrected chi connectivity index (χ1v) is 3.65. The highest BCUT2D eigenvalue weighted by Gasteiger charge is 2.04. The lowest BCUT2D eigenvalue weighted by atomic mass is 10.6. The number of rotatable bonds is 4. The average molecular weight is 192 g/mol. The molecule has 5 heteroatoms. The lowest BCUT2D eigenvalue weighted by Crippen LogP contribution is -2.26. The number of halogens is 1. The zero-order valence-electron chi connectivity index (χ0n) is 6.75. The van der Waals surface area contributed by atoms with Gasteiger partial charge in [0.05, 0.1) is 6.54 Å². The van der Waals surface area contributed by atoms with Crippen LogP contribution in [0.5, 0.6) is 0 Å². The Morgan fingerprint density at radius 1 is 1.67 bits per heavy atom. The molecule has 1 amide bonds. The second kappa shape index (κ2) is 5.60. The Balaban J connectivity index is 3.49. The van der Waals surface area contributed by atoms with Gasteiger partial charge >= 0.3 is 11.3 Å². The van der Waals surface area contributed by atoms with E-state index in [-0.39, 0.29) is 13.2 Å². The summed E-state index contributed by atoms with van der Waals surface area (Å²) >= 11 is 5.10. The number of amides is 1. The predicted octanol–water partition coefficient (Wildman–Crippen LogP) is 1.01. The number of esters is 1. The molecule has 0 aliphatic heterocycles. The summed E-state index contributed by atoms with van der Waals surface area (Å²) < 4.78 is 4.60. The summed E-state index contributed by atoms with van der Waals surface area (Å²) in [4.78, 5) is 22.1. The molecule has 0 spiro atoms. The van der Waals surface area contributed by atoms with Gasteiger partial charge in [0.2, 0.25) is 0 Å². The maximum Gasteiger partial charge on any atom is 0.330 e. The molecule has 68 valence electrons. The van der Waals surface area contributed by atoms with Gasteiger partial charge in [0.1, 0.15) is 6.61 Å². The van der Waals surface area contributed by atoms with Gasteiger partial charge in [-0.3, -0.25) is 4.79 Å². The number of ether oxygens (including phenoxy) is 1. The van der Waals surface area contributed by atoms with E-state index in [2.05, 4.69) is 11.3 Å². The second-order valence-electron chi connectivity index (χ2n) is 2.05. The number of hydrogen-bond acceptors (Lipinski definition) is 3. The van der Waals surface area contributed by atoms with Crippen LogP contribution < -0.4 is 0 Å². The Morgan fingerprint density at radius 3 is 2.67 bits per heavy atom. The van der Waals surface area contributed by atoms with E-state index in [1.54, 1.807) is 0 Å². The van der Waals surface area contributed by atoms with Gasteiger partial charge in [-0.15, -0.1) is 0 Å². The van der Waals surface area contributed by atoms with Crippen LogP contribution in [0.3, 0.4) is 0 Å². The summed E-state index contributed by atoms with van der Waals surface area (Å²) in [6.45, 7) is 3.62. The summed E-state index contributed by atoms with van der Waals surface area (Å²) in [7, 11) is 1.51. The molecule has 0 fully saturated rings. The molecule has 0 unspecified atom stereocenters. The van der Waals surface area contributed by atoms with Crippen molar-refractivity contribution in [1.29, 1.82) is 0 Å². The van der Waals surface area contributed by atoms with E-state index in [1.165, 1.54) is 11.9 Å². The largest absolute Gasteiger partial charge is 0.461 e. The van der Waals surface area contributed by atoms with Gasteiger partial charge in [-0.05, 0) is 11.6 Å². The van der Waals surface area contributed by atoms with Crippen molar-refractivity contribution in [2.24, 2.45) is 0 Å². The normalized spacial score (nSPS) is 8.83. The van der Waals surface area contributed by atoms with Gasteiger partial charge in [0, 0.05) is 13.1 Å². The number of nitrogens with zero attached hydrogens (tertiary/aromatic N) is 1. The van der Waals surface area contributed by atoms with Crippen molar-refractivity contribution in [3.63, 3.8) is 0 Å². The first-order valence-electron chi connectivity index (χ1n) is 3.27. The van der Waals surface area contributed by atoms with Crippen LogP contribution in [0.1, 0.15) is 0 Å². The van der Waals surface area contributed by atoms with Crippen LogP contribution in [0.2, 0.25) is 0 Å². The van der Waals surface area contributed by atoms with Crippen molar-refractivity contribution < 1.29 is 14.3 Å². The fourth-order valence-electron chi connectivity index (χ4n) is 0.430. The zero-order valence-corrected chi connectivity index (χ0v) is 7.50. The molecule has 0 bridgehead atoms. The standard InChI is InChI=1S/C7H10ClNO3/c1-3-6(10)12-5-4-9(2)7(8)11/h3H,1,4-5H2,2H3. The Morgan fingerprint density at radius 2 is 2.25 bits per heavy atom. The molecule has 0 radical (unpaired) electrons. The minimum Gasteiger partial charge on any atom is -0.461 e. The third kappa shape index (κ3) is 4.73. The maximum atomic E-state index is 10.5. The van der Waals surface area contributed by atoms with Gasteiger partial charge in [-0.2, -0.15) is 0 Å². The molecule has 0 aliphatic rings. The summed E-state index contributed by atoms with van der Waals surface area (Å²) in [5.41, 5.74) is 0. The van der Waals surface area contributed by atoms with Gasteiger partial charge < -0.3 is 9.64 Å². The Hall–Kier alpha value is -1.03. The molecule has 0 heterocycles.